The van der Waals surface area contributed by atoms with Crippen LogP contribution in [-0.4, -0.2) is 11.0 Å². The normalized spacial score (nSPS) is 19.2. The fraction of sp³-hybridized carbons (Fsp3) is 0.333. The van der Waals surface area contributed by atoms with Crippen LogP contribution in [0.15, 0.2) is 22.7 Å². The Bertz CT molecular complexity index is 521. The van der Waals surface area contributed by atoms with Gasteiger partial charge in [0, 0.05) is 27.1 Å². The van der Waals surface area contributed by atoms with E-state index >= 15 is 0 Å². The van der Waals surface area contributed by atoms with Crippen molar-refractivity contribution in [2.45, 2.75) is 25.3 Å². The number of hydrogen-bond donors (Lipinski definition) is 2. The third-order valence-electron chi connectivity index (χ3n) is 3.19. The maximum atomic E-state index is 6.01. The van der Waals surface area contributed by atoms with E-state index in [1.807, 2.05) is 0 Å². The van der Waals surface area contributed by atoms with Crippen LogP contribution < -0.4 is 5.73 Å². The van der Waals surface area contributed by atoms with Gasteiger partial charge in [0.15, 0.2) is 0 Å². The molecule has 1 aliphatic rings. The Hall–Kier alpha value is -0.510. The molecule has 2 nitrogen and oxygen atoms in total. The molecule has 3 N–H and O–H groups in total. The molecule has 0 fully saturated rings. The first kappa shape index (κ1) is 12.0. The molecule has 2 aromatic rings. The van der Waals surface area contributed by atoms with Crippen LogP contribution in [0.4, 0.5) is 0 Å². The van der Waals surface area contributed by atoms with Gasteiger partial charge in [-0.05, 0) is 43.0 Å². The van der Waals surface area contributed by atoms with Gasteiger partial charge in [-0.25, -0.2) is 0 Å². The van der Waals surface area contributed by atoms with Crippen LogP contribution in [0.1, 0.15) is 17.7 Å². The van der Waals surface area contributed by atoms with Gasteiger partial charge in [-0.3, -0.25) is 0 Å². The SMILES string of the molecule is Cl.NC1CCc2[nH]c3ccc(Br)cc3c2C1. The molecule has 0 radical (unpaired) electrons. The lowest BCUT2D eigenvalue weighted by molar-refractivity contribution is 0.574. The Balaban J connectivity index is 0.000000963. The summed E-state index contributed by atoms with van der Waals surface area (Å²) in [5.74, 6) is 0. The minimum Gasteiger partial charge on any atom is -0.358 e. The molecule has 1 unspecified atom stereocenters. The molecule has 0 aliphatic heterocycles. The summed E-state index contributed by atoms with van der Waals surface area (Å²) in [4.78, 5) is 3.49. The van der Waals surface area contributed by atoms with E-state index in [1.54, 1.807) is 0 Å². The highest BCUT2D eigenvalue weighted by atomic mass is 79.9. The summed E-state index contributed by atoms with van der Waals surface area (Å²) in [6.07, 6.45) is 3.19. The van der Waals surface area contributed by atoms with Gasteiger partial charge in [-0.15, -0.1) is 12.4 Å². The number of fused-ring (bicyclic) bond motifs is 3. The molecule has 3 rings (SSSR count). The average molecular weight is 302 g/mol. The number of halogens is 2. The highest BCUT2D eigenvalue weighted by Crippen LogP contribution is 2.30. The topological polar surface area (TPSA) is 41.8 Å². The Morgan fingerprint density at radius 1 is 1.38 bits per heavy atom. The van der Waals surface area contributed by atoms with Crippen LogP contribution in [0.3, 0.4) is 0 Å². The zero-order valence-electron chi connectivity index (χ0n) is 8.79. The van der Waals surface area contributed by atoms with Crippen LogP contribution in [0.25, 0.3) is 10.9 Å². The maximum Gasteiger partial charge on any atom is 0.0459 e. The molecular weight excluding hydrogens is 288 g/mol. The van der Waals surface area contributed by atoms with Gasteiger partial charge in [-0.2, -0.15) is 0 Å². The van der Waals surface area contributed by atoms with Gasteiger partial charge >= 0.3 is 0 Å². The Morgan fingerprint density at radius 3 is 3.00 bits per heavy atom. The van der Waals surface area contributed by atoms with Gasteiger partial charge in [0.25, 0.3) is 0 Å². The molecule has 0 saturated carbocycles. The van der Waals surface area contributed by atoms with Crippen molar-refractivity contribution < 1.29 is 0 Å². The van der Waals surface area contributed by atoms with E-state index in [4.69, 9.17) is 5.73 Å². The standard InChI is InChI=1S/C12H13BrN2.ClH/c13-7-1-3-11-9(5-7)10-6-8(14)2-4-12(10)15-11;/h1,3,5,8,15H,2,4,6,14H2;1H. The Labute approximate surface area is 109 Å². The molecule has 86 valence electrons. The smallest absolute Gasteiger partial charge is 0.0459 e. The van der Waals surface area contributed by atoms with Crippen LogP contribution in [0.2, 0.25) is 0 Å². The molecular formula is C12H14BrClN2. The van der Waals surface area contributed by atoms with Crippen molar-refractivity contribution in [2.24, 2.45) is 5.73 Å². The number of H-pyrrole nitrogens is 1. The summed E-state index contributed by atoms with van der Waals surface area (Å²) in [5.41, 5.74) is 10.0. The predicted octanol–water partition coefficient (Wildman–Crippen LogP) is 3.17. The summed E-state index contributed by atoms with van der Waals surface area (Å²) in [6.45, 7) is 0. The molecule has 16 heavy (non-hydrogen) atoms. The van der Waals surface area contributed by atoms with Crippen molar-refractivity contribution in [1.29, 1.82) is 0 Å². The largest absolute Gasteiger partial charge is 0.358 e. The number of benzene rings is 1. The van der Waals surface area contributed by atoms with Gasteiger partial charge in [0.1, 0.15) is 0 Å². The number of aromatic nitrogens is 1. The fourth-order valence-corrected chi connectivity index (χ4v) is 2.78. The molecule has 1 aliphatic carbocycles. The first-order chi connectivity index (χ1) is 7.24. The Morgan fingerprint density at radius 2 is 2.19 bits per heavy atom. The predicted molar refractivity (Wildman–Crippen MR) is 73.2 cm³/mol. The fourth-order valence-electron chi connectivity index (χ4n) is 2.42. The van der Waals surface area contributed by atoms with E-state index in [-0.39, 0.29) is 12.4 Å². The second-order valence-corrected chi connectivity index (χ2v) is 5.19. The number of hydrogen-bond acceptors (Lipinski definition) is 1. The molecule has 0 spiro atoms. The summed E-state index contributed by atoms with van der Waals surface area (Å²) in [5, 5.41) is 1.33. The van der Waals surface area contributed by atoms with Crippen molar-refractivity contribution in [2.75, 3.05) is 0 Å². The molecule has 4 heteroatoms. The summed E-state index contributed by atoms with van der Waals surface area (Å²) >= 11 is 3.51. The minimum absolute atomic E-state index is 0. The third kappa shape index (κ3) is 1.88. The van der Waals surface area contributed by atoms with Crippen molar-refractivity contribution in [3.8, 4) is 0 Å². The highest BCUT2D eigenvalue weighted by Gasteiger charge is 2.19. The molecule has 1 heterocycles. The van der Waals surface area contributed by atoms with Crippen molar-refractivity contribution in [3.63, 3.8) is 0 Å². The monoisotopic (exact) mass is 300 g/mol. The number of nitrogens with one attached hydrogen (secondary N) is 1. The highest BCUT2D eigenvalue weighted by molar-refractivity contribution is 9.10. The van der Waals surface area contributed by atoms with E-state index in [1.165, 1.54) is 22.2 Å². The second-order valence-electron chi connectivity index (χ2n) is 4.27. The lowest BCUT2D eigenvalue weighted by atomic mass is 9.92. The quantitative estimate of drug-likeness (QED) is 0.771. The van der Waals surface area contributed by atoms with E-state index in [9.17, 15) is 0 Å². The van der Waals surface area contributed by atoms with Crippen LogP contribution in [0.5, 0.6) is 0 Å². The van der Waals surface area contributed by atoms with Crippen molar-refractivity contribution in [3.05, 3.63) is 33.9 Å². The van der Waals surface area contributed by atoms with Crippen molar-refractivity contribution >= 4 is 39.2 Å². The Kier molecular flexibility index (Phi) is 3.29. The summed E-state index contributed by atoms with van der Waals surface area (Å²) in [6, 6.07) is 6.71. The van der Waals surface area contributed by atoms with E-state index in [0.717, 1.165) is 23.7 Å². The van der Waals surface area contributed by atoms with E-state index < -0.39 is 0 Å². The minimum atomic E-state index is 0. The molecule has 1 aromatic heterocycles. The first-order valence-electron chi connectivity index (χ1n) is 5.28. The van der Waals surface area contributed by atoms with Crippen LogP contribution in [0, 0.1) is 0 Å². The van der Waals surface area contributed by atoms with E-state index in [0.29, 0.717) is 6.04 Å². The molecule has 1 aromatic carbocycles. The zero-order valence-corrected chi connectivity index (χ0v) is 11.2. The zero-order chi connectivity index (χ0) is 10.4. The maximum absolute atomic E-state index is 6.01. The number of aromatic amines is 1. The lowest BCUT2D eigenvalue weighted by Crippen LogP contribution is -2.27. The number of rotatable bonds is 0. The summed E-state index contributed by atoms with van der Waals surface area (Å²) in [7, 11) is 0. The molecule has 1 atom stereocenters. The molecule has 0 amide bonds. The molecule has 0 bridgehead atoms. The number of nitrogens with two attached hydrogens (primary N) is 1. The van der Waals surface area contributed by atoms with Gasteiger partial charge < -0.3 is 10.7 Å². The van der Waals surface area contributed by atoms with Gasteiger partial charge in [-0.1, -0.05) is 15.9 Å². The van der Waals surface area contributed by atoms with Crippen LogP contribution in [-0.2, 0) is 12.8 Å². The van der Waals surface area contributed by atoms with Gasteiger partial charge in [0.05, 0.1) is 0 Å². The van der Waals surface area contributed by atoms with Gasteiger partial charge in [0.2, 0.25) is 0 Å². The average Bonchev–Trinajstić information content (AvgIpc) is 2.56. The number of aryl methyl sites for hydroxylation is 1. The first-order valence-corrected chi connectivity index (χ1v) is 6.08. The summed E-state index contributed by atoms with van der Waals surface area (Å²) < 4.78 is 1.14. The molecule has 0 saturated heterocycles. The van der Waals surface area contributed by atoms with Crippen molar-refractivity contribution in [1.82, 2.24) is 4.98 Å². The third-order valence-corrected chi connectivity index (χ3v) is 3.68. The van der Waals surface area contributed by atoms with Crippen LogP contribution >= 0.6 is 28.3 Å². The lowest BCUT2D eigenvalue weighted by Gasteiger charge is -2.18. The second kappa shape index (κ2) is 4.40. The van der Waals surface area contributed by atoms with E-state index in [2.05, 4.69) is 39.1 Å².